The molecule has 0 aliphatic carbocycles. The minimum absolute atomic E-state index is 0.260. The molecule has 0 radical (unpaired) electrons. The van der Waals surface area contributed by atoms with Crippen LogP contribution in [-0.2, 0) is 11.2 Å². The first kappa shape index (κ1) is 14.1. The highest BCUT2D eigenvalue weighted by Crippen LogP contribution is 2.18. The number of nitrogens with one attached hydrogen (secondary N) is 1. The molecular formula is C16H24N2O. The lowest BCUT2D eigenvalue weighted by Gasteiger charge is -2.37. The zero-order chi connectivity index (χ0) is 13.8. The maximum atomic E-state index is 12.4. The van der Waals surface area contributed by atoms with E-state index in [1.54, 1.807) is 0 Å². The number of nitrogens with zero attached hydrogens (tertiary/aromatic N) is 1. The summed E-state index contributed by atoms with van der Waals surface area (Å²) in [4.78, 5) is 14.4. The van der Waals surface area contributed by atoms with Crippen LogP contribution in [0, 0.1) is 12.8 Å². The number of carbonyl (C=O) groups excluding carboxylic acids is 1. The number of carbonyl (C=O) groups is 1. The van der Waals surface area contributed by atoms with E-state index in [4.69, 9.17) is 0 Å². The standard InChI is InChI=1S/C16H24N2O/c1-12-6-4-5-7-14(12)10-16(19)18-9-8-15(17-3)13(2)11-18/h4-7,13,15,17H,8-11H2,1-3H3. The van der Waals surface area contributed by atoms with Gasteiger partial charge >= 0.3 is 0 Å². The predicted molar refractivity (Wildman–Crippen MR) is 78.1 cm³/mol. The Morgan fingerprint density at radius 3 is 2.79 bits per heavy atom. The van der Waals surface area contributed by atoms with E-state index in [0.717, 1.165) is 25.1 Å². The van der Waals surface area contributed by atoms with E-state index in [1.807, 2.05) is 24.1 Å². The number of piperidine rings is 1. The second-order valence-corrected chi connectivity index (χ2v) is 5.60. The molecule has 0 spiro atoms. The minimum atomic E-state index is 0.260. The molecule has 0 aromatic heterocycles. The summed E-state index contributed by atoms with van der Waals surface area (Å²) < 4.78 is 0. The molecule has 19 heavy (non-hydrogen) atoms. The van der Waals surface area contributed by atoms with Crippen LogP contribution in [0.15, 0.2) is 24.3 Å². The number of likely N-dealkylation sites (tertiary alicyclic amines) is 1. The summed E-state index contributed by atoms with van der Waals surface area (Å²) in [7, 11) is 2.01. The van der Waals surface area contributed by atoms with Crippen LogP contribution in [0.5, 0.6) is 0 Å². The molecule has 0 bridgehead atoms. The van der Waals surface area contributed by atoms with Crippen LogP contribution in [0.25, 0.3) is 0 Å². The number of hydrogen-bond acceptors (Lipinski definition) is 2. The molecule has 1 fully saturated rings. The normalized spacial score (nSPS) is 23.4. The van der Waals surface area contributed by atoms with Gasteiger partial charge in [-0.15, -0.1) is 0 Å². The second-order valence-electron chi connectivity index (χ2n) is 5.60. The summed E-state index contributed by atoms with van der Waals surface area (Å²) >= 11 is 0. The van der Waals surface area contributed by atoms with E-state index >= 15 is 0 Å². The van der Waals surface area contributed by atoms with E-state index in [-0.39, 0.29) is 5.91 Å². The Hall–Kier alpha value is -1.35. The lowest BCUT2D eigenvalue weighted by molar-refractivity contribution is -0.132. The molecule has 3 heteroatoms. The van der Waals surface area contributed by atoms with Gasteiger partial charge in [-0.25, -0.2) is 0 Å². The molecule has 1 N–H and O–H groups in total. The highest BCUT2D eigenvalue weighted by molar-refractivity contribution is 5.79. The first-order valence-electron chi connectivity index (χ1n) is 7.11. The Morgan fingerprint density at radius 1 is 1.42 bits per heavy atom. The van der Waals surface area contributed by atoms with Crippen molar-refractivity contribution in [1.82, 2.24) is 10.2 Å². The zero-order valence-electron chi connectivity index (χ0n) is 12.1. The molecule has 1 saturated heterocycles. The van der Waals surface area contributed by atoms with Crippen molar-refractivity contribution in [3.05, 3.63) is 35.4 Å². The molecule has 1 heterocycles. The average molecular weight is 260 g/mol. The highest BCUT2D eigenvalue weighted by Gasteiger charge is 2.27. The van der Waals surface area contributed by atoms with Gasteiger partial charge in [-0.05, 0) is 37.4 Å². The summed E-state index contributed by atoms with van der Waals surface area (Å²) in [6, 6.07) is 8.69. The molecule has 0 saturated carbocycles. The highest BCUT2D eigenvalue weighted by atomic mass is 16.2. The number of aryl methyl sites for hydroxylation is 1. The SMILES string of the molecule is CNC1CCN(C(=O)Cc2ccccc2C)CC1C. The largest absolute Gasteiger partial charge is 0.342 e. The van der Waals surface area contributed by atoms with Gasteiger partial charge in [0, 0.05) is 19.1 Å². The maximum absolute atomic E-state index is 12.4. The maximum Gasteiger partial charge on any atom is 0.227 e. The van der Waals surface area contributed by atoms with Gasteiger partial charge in [0.15, 0.2) is 0 Å². The van der Waals surface area contributed by atoms with E-state index in [0.29, 0.717) is 18.4 Å². The number of hydrogen-bond donors (Lipinski definition) is 1. The molecule has 1 amide bonds. The summed E-state index contributed by atoms with van der Waals surface area (Å²) in [6.07, 6.45) is 1.58. The van der Waals surface area contributed by atoms with E-state index in [1.165, 1.54) is 5.56 Å². The summed E-state index contributed by atoms with van der Waals surface area (Å²) in [5.74, 6) is 0.787. The minimum Gasteiger partial charge on any atom is -0.342 e. The summed E-state index contributed by atoms with van der Waals surface area (Å²) in [5.41, 5.74) is 2.35. The van der Waals surface area contributed by atoms with Crippen molar-refractivity contribution in [2.75, 3.05) is 20.1 Å². The van der Waals surface area contributed by atoms with Crippen molar-refractivity contribution in [1.29, 1.82) is 0 Å². The molecular weight excluding hydrogens is 236 g/mol. The van der Waals surface area contributed by atoms with Crippen LogP contribution in [-0.4, -0.2) is 37.0 Å². The third-order valence-corrected chi connectivity index (χ3v) is 4.23. The van der Waals surface area contributed by atoms with Crippen LogP contribution >= 0.6 is 0 Å². The van der Waals surface area contributed by atoms with Gasteiger partial charge in [0.1, 0.15) is 0 Å². The molecule has 104 valence electrons. The molecule has 1 aliphatic heterocycles. The number of amides is 1. The molecule has 2 rings (SSSR count). The van der Waals surface area contributed by atoms with E-state index < -0.39 is 0 Å². The average Bonchev–Trinajstić information content (AvgIpc) is 2.41. The Balaban J connectivity index is 1.96. The Kier molecular flexibility index (Phi) is 4.59. The first-order chi connectivity index (χ1) is 9.11. The van der Waals surface area contributed by atoms with Gasteiger partial charge in [0.05, 0.1) is 6.42 Å². The Labute approximate surface area is 116 Å². The monoisotopic (exact) mass is 260 g/mol. The van der Waals surface area contributed by atoms with Gasteiger partial charge in [-0.1, -0.05) is 31.2 Å². The molecule has 1 aromatic carbocycles. The zero-order valence-corrected chi connectivity index (χ0v) is 12.1. The van der Waals surface area contributed by atoms with Crippen LogP contribution < -0.4 is 5.32 Å². The van der Waals surface area contributed by atoms with Crippen molar-refractivity contribution in [2.24, 2.45) is 5.92 Å². The Morgan fingerprint density at radius 2 is 2.16 bits per heavy atom. The summed E-state index contributed by atoms with van der Waals surface area (Å²) in [5, 5.41) is 3.33. The smallest absolute Gasteiger partial charge is 0.227 e. The molecule has 3 nitrogen and oxygen atoms in total. The quantitative estimate of drug-likeness (QED) is 0.901. The third-order valence-electron chi connectivity index (χ3n) is 4.23. The molecule has 1 aliphatic rings. The van der Waals surface area contributed by atoms with Crippen LogP contribution in [0.1, 0.15) is 24.5 Å². The molecule has 2 unspecified atom stereocenters. The first-order valence-corrected chi connectivity index (χ1v) is 7.11. The lowest BCUT2D eigenvalue weighted by atomic mass is 9.93. The van der Waals surface area contributed by atoms with E-state index in [2.05, 4.69) is 31.3 Å². The van der Waals surface area contributed by atoms with Crippen LogP contribution in [0.4, 0.5) is 0 Å². The van der Waals surface area contributed by atoms with E-state index in [9.17, 15) is 4.79 Å². The van der Waals surface area contributed by atoms with Crippen molar-refractivity contribution >= 4 is 5.91 Å². The summed E-state index contributed by atoms with van der Waals surface area (Å²) in [6.45, 7) is 6.03. The van der Waals surface area contributed by atoms with Gasteiger partial charge in [-0.2, -0.15) is 0 Å². The van der Waals surface area contributed by atoms with Crippen molar-refractivity contribution < 1.29 is 4.79 Å². The fraction of sp³-hybridized carbons (Fsp3) is 0.562. The fourth-order valence-corrected chi connectivity index (χ4v) is 2.88. The van der Waals surface area contributed by atoms with Crippen LogP contribution in [0.2, 0.25) is 0 Å². The van der Waals surface area contributed by atoms with Gasteiger partial charge < -0.3 is 10.2 Å². The van der Waals surface area contributed by atoms with Crippen molar-refractivity contribution in [2.45, 2.75) is 32.7 Å². The molecule has 2 atom stereocenters. The lowest BCUT2D eigenvalue weighted by Crippen LogP contribution is -2.49. The van der Waals surface area contributed by atoms with Crippen molar-refractivity contribution in [3.8, 4) is 0 Å². The number of rotatable bonds is 3. The van der Waals surface area contributed by atoms with Gasteiger partial charge in [0.2, 0.25) is 5.91 Å². The molecule has 1 aromatic rings. The van der Waals surface area contributed by atoms with Gasteiger partial charge in [-0.3, -0.25) is 4.79 Å². The number of benzene rings is 1. The topological polar surface area (TPSA) is 32.3 Å². The second kappa shape index (κ2) is 6.20. The van der Waals surface area contributed by atoms with Crippen molar-refractivity contribution in [3.63, 3.8) is 0 Å². The Bertz CT molecular complexity index is 444. The van der Waals surface area contributed by atoms with Crippen LogP contribution in [0.3, 0.4) is 0 Å². The third kappa shape index (κ3) is 3.35. The van der Waals surface area contributed by atoms with Gasteiger partial charge in [0.25, 0.3) is 0 Å². The fourth-order valence-electron chi connectivity index (χ4n) is 2.88. The predicted octanol–water partition coefficient (Wildman–Crippen LogP) is 1.99.